The Bertz CT molecular complexity index is 862. The molecule has 0 amide bonds. The van der Waals surface area contributed by atoms with Crippen LogP contribution in [0.2, 0.25) is 0 Å². The summed E-state index contributed by atoms with van der Waals surface area (Å²) >= 11 is 0. The number of rotatable bonds is 3. The van der Waals surface area contributed by atoms with Gasteiger partial charge in [0, 0.05) is 5.39 Å². The van der Waals surface area contributed by atoms with Crippen LogP contribution in [0.15, 0.2) is 39.5 Å². The van der Waals surface area contributed by atoms with Gasteiger partial charge in [-0.3, -0.25) is 9.59 Å². The van der Waals surface area contributed by atoms with Crippen LogP contribution in [0, 0.1) is 0 Å². The Hall–Kier alpha value is -3.09. The van der Waals surface area contributed by atoms with Crippen LogP contribution < -0.4 is 11.3 Å². The molecule has 3 aromatic rings. The van der Waals surface area contributed by atoms with Crippen LogP contribution in [0.1, 0.15) is 5.56 Å². The summed E-state index contributed by atoms with van der Waals surface area (Å²) in [6.07, 6.45) is -0.478. The van der Waals surface area contributed by atoms with E-state index in [1.807, 2.05) is 18.2 Å². The molecule has 7 heteroatoms. The smallest absolute Gasteiger partial charge is 0.308 e. The number of furan rings is 1. The Labute approximate surface area is 118 Å². The predicted molar refractivity (Wildman–Crippen MR) is 75.8 cm³/mol. The van der Waals surface area contributed by atoms with Crippen LogP contribution in [0.4, 0.5) is 5.82 Å². The number of carbonyl (C=O) groups is 1. The van der Waals surface area contributed by atoms with Crippen molar-refractivity contribution in [1.82, 2.24) is 9.97 Å². The monoisotopic (exact) mass is 285 g/mol. The molecule has 0 saturated carbocycles. The highest BCUT2D eigenvalue weighted by atomic mass is 16.4. The van der Waals surface area contributed by atoms with E-state index in [4.69, 9.17) is 15.3 Å². The van der Waals surface area contributed by atoms with E-state index in [0.717, 1.165) is 5.39 Å². The Morgan fingerprint density at radius 1 is 1.38 bits per heavy atom. The first-order valence-electron chi connectivity index (χ1n) is 6.14. The molecule has 0 spiro atoms. The number of carboxylic acid groups (broad SMARTS) is 1. The minimum Gasteiger partial charge on any atom is -0.481 e. The summed E-state index contributed by atoms with van der Waals surface area (Å²) in [6, 6.07) is 9.07. The van der Waals surface area contributed by atoms with Crippen LogP contribution in [-0.2, 0) is 11.2 Å². The maximum absolute atomic E-state index is 11.9. The fraction of sp³-hybridized carbons (Fsp3) is 0.0714. The van der Waals surface area contributed by atoms with Gasteiger partial charge < -0.3 is 20.2 Å². The summed E-state index contributed by atoms with van der Waals surface area (Å²) < 4.78 is 5.58. The predicted octanol–water partition coefficient (Wildman–Crippen LogP) is 1.39. The number of nitrogen functional groups attached to an aromatic ring is 1. The first-order valence-corrected chi connectivity index (χ1v) is 6.14. The number of hydrogen-bond donors (Lipinski definition) is 3. The van der Waals surface area contributed by atoms with E-state index in [-0.39, 0.29) is 17.2 Å². The average molecular weight is 285 g/mol. The number of H-pyrrole nitrogens is 1. The number of para-hydroxylation sites is 1. The molecule has 3 rings (SSSR count). The fourth-order valence-electron chi connectivity index (χ4n) is 2.05. The molecule has 21 heavy (non-hydrogen) atoms. The molecule has 1 aromatic carbocycles. The van der Waals surface area contributed by atoms with Crippen LogP contribution in [0.3, 0.4) is 0 Å². The fourth-order valence-corrected chi connectivity index (χ4v) is 2.05. The van der Waals surface area contributed by atoms with Crippen LogP contribution in [0.25, 0.3) is 22.6 Å². The van der Waals surface area contributed by atoms with Crippen LogP contribution in [0.5, 0.6) is 0 Å². The Kier molecular flexibility index (Phi) is 2.94. The lowest BCUT2D eigenvalue weighted by Crippen LogP contribution is -2.20. The minimum absolute atomic E-state index is 0.0673. The number of nitrogens with two attached hydrogens (primary N) is 1. The summed E-state index contributed by atoms with van der Waals surface area (Å²) in [6.45, 7) is 0. The standard InChI is InChI=1S/C14H11N3O4/c15-12-8(6-11(18)19)14(20)17-13(16-12)10-5-7-3-1-2-4-9(7)21-10/h1-5H,6H2,(H,18,19)(H3,15,16,17,20). The lowest BCUT2D eigenvalue weighted by molar-refractivity contribution is -0.136. The number of benzene rings is 1. The van der Waals surface area contributed by atoms with E-state index in [2.05, 4.69) is 9.97 Å². The number of hydrogen-bond acceptors (Lipinski definition) is 5. The highest BCUT2D eigenvalue weighted by Gasteiger charge is 2.15. The molecule has 0 radical (unpaired) electrons. The van der Waals surface area contributed by atoms with E-state index >= 15 is 0 Å². The molecule has 0 saturated heterocycles. The van der Waals surface area contributed by atoms with Crippen LogP contribution in [-0.4, -0.2) is 21.0 Å². The molecule has 0 aliphatic carbocycles. The summed E-state index contributed by atoms with van der Waals surface area (Å²) in [5.41, 5.74) is 5.67. The van der Waals surface area contributed by atoms with Crippen molar-refractivity contribution in [2.24, 2.45) is 0 Å². The molecule has 106 valence electrons. The Morgan fingerprint density at radius 3 is 2.81 bits per heavy atom. The number of aromatic amines is 1. The number of anilines is 1. The Balaban J connectivity index is 2.11. The maximum atomic E-state index is 11.9. The van der Waals surface area contributed by atoms with E-state index in [9.17, 15) is 9.59 Å². The number of aromatic nitrogens is 2. The van der Waals surface area contributed by atoms with Gasteiger partial charge in [-0.15, -0.1) is 0 Å². The summed E-state index contributed by atoms with van der Waals surface area (Å²) in [7, 11) is 0. The SMILES string of the molecule is Nc1nc(-c2cc3ccccc3o2)[nH]c(=O)c1CC(=O)O. The molecular weight excluding hydrogens is 274 g/mol. The maximum Gasteiger partial charge on any atom is 0.308 e. The van der Waals surface area contributed by atoms with Crippen molar-refractivity contribution < 1.29 is 14.3 Å². The third-order valence-corrected chi connectivity index (χ3v) is 3.03. The summed E-state index contributed by atoms with van der Waals surface area (Å²) in [5.74, 6) is -0.730. The van der Waals surface area contributed by atoms with Gasteiger partial charge in [0.05, 0.1) is 12.0 Å². The molecule has 4 N–H and O–H groups in total. The number of aliphatic carboxylic acids is 1. The van der Waals surface area contributed by atoms with Crippen molar-refractivity contribution in [1.29, 1.82) is 0 Å². The number of nitrogens with zero attached hydrogens (tertiary/aromatic N) is 1. The quantitative estimate of drug-likeness (QED) is 0.668. The molecule has 2 heterocycles. The van der Waals surface area contributed by atoms with Gasteiger partial charge in [0.25, 0.3) is 5.56 Å². The first kappa shape index (κ1) is 12.9. The van der Waals surface area contributed by atoms with Gasteiger partial charge in [-0.25, -0.2) is 4.98 Å². The molecular formula is C14H11N3O4. The van der Waals surface area contributed by atoms with Gasteiger partial charge in [-0.1, -0.05) is 18.2 Å². The third-order valence-electron chi connectivity index (χ3n) is 3.03. The number of carboxylic acids is 1. The first-order chi connectivity index (χ1) is 10.0. The zero-order chi connectivity index (χ0) is 15.0. The van der Waals surface area contributed by atoms with Crippen molar-refractivity contribution in [3.05, 3.63) is 46.2 Å². The van der Waals surface area contributed by atoms with Crippen molar-refractivity contribution >= 4 is 22.8 Å². The average Bonchev–Trinajstić information content (AvgIpc) is 2.86. The molecule has 0 aliphatic heterocycles. The molecule has 7 nitrogen and oxygen atoms in total. The van der Waals surface area contributed by atoms with Gasteiger partial charge in [-0.2, -0.15) is 0 Å². The molecule has 0 atom stereocenters. The highest BCUT2D eigenvalue weighted by Crippen LogP contribution is 2.25. The van der Waals surface area contributed by atoms with Gasteiger partial charge in [0.15, 0.2) is 11.6 Å². The van der Waals surface area contributed by atoms with Crippen molar-refractivity contribution in [3.8, 4) is 11.6 Å². The molecule has 0 bridgehead atoms. The highest BCUT2D eigenvalue weighted by molar-refractivity contribution is 5.81. The van der Waals surface area contributed by atoms with E-state index < -0.39 is 17.9 Å². The Morgan fingerprint density at radius 2 is 2.14 bits per heavy atom. The molecule has 2 aromatic heterocycles. The zero-order valence-electron chi connectivity index (χ0n) is 10.8. The van der Waals surface area contributed by atoms with Gasteiger partial charge in [0.2, 0.25) is 0 Å². The molecule has 0 fully saturated rings. The second-order valence-electron chi connectivity index (χ2n) is 4.50. The lowest BCUT2D eigenvalue weighted by Gasteiger charge is -2.03. The van der Waals surface area contributed by atoms with Crippen molar-refractivity contribution in [2.45, 2.75) is 6.42 Å². The second kappa shape index (κ2) is 4.78. The van der Waals surface area contributed by atoms with Crippen LogP contribution >= 0.6 is 0 Å². The van der Waals surface area contributed by atoms with E-state index in [0.29, 0.717) is 11.3 Å². The third kappa shape index (κ3) is 2.36. The van der Waals surface area contributed by atoms with E-state index in [1.54, 1.807) is 12.1 Å². The number of nitrogens with one attached hydrogen (secondary N) is 1. The lowest BCUT2D eigenvalue weighted by atomic mass is 10.2. The summed E-state index contributed by atoms with van der Waals surface area (Å²) in [5, 5.41) is 9.61. The van der Waals surface area contributed by atoms with Crippen molar-refractivity contribution in [3.63, 3.8) is 0 Å². The molecule has 0 aliphatic rings. The topological polar surface area (TPSA) is 122 Å². The summed E-state index contributed by atoms with van der Waals surface area (Å²) in [4.78, 5) is 29.1. The second-order valence-corrected chi connectivity index (χ2v) is 4.50. The van der Waals surface area contributed by atoms with Crippen molar-refractivity contribution in [2.75, 3.05) is 5.73 Å². The zero-order valence-corrected chi connectivity index (χ0v) is 10.8. The van der Waals surface area contributed by atoms with Gasteiger partial charge in [0.1, 0.15) is 11.4 Å². The van der Waals surface area contributed by atoms with Gasteiger partial charge >= 0.3 is 5.97 Å². The molecule has 0 unspecified atom stereocenters. The van der Waals surface area contributed by atoms with Gasteiger partial charge in [-0.05, 0) is 12.1 Å². The normalized spacial score (nSPS) is 10.9. The van der Waals surface area contributed by atoms with E-state index in [1.165, 1.54) is 0 Å². The number of fused-ring (bicyclic) bond motifs is 1. The largest absolute Gasteiger partial charge is 0.481 e. The minimum atomic E-state index is -1.15.